The molecule has 3 heteroatoms. The van der Waals surface area contributed by atoms with E-state index in [0.29, 0.717) is 5.92 Å². The number of hydrogen-bond acceptors (Lipinski definition) is 1. The molecule has 1 aliphatic heterocycles. The first kappa shape index (κ1) is 10.2. The zero-order chi connectivity index (χ0) is 11.0. The lowest BCUT2D eigenvalue weighted by molar-refractivity contribution is 0.454. The molecule has 1 aromatic carbocycles. The van der Waals surface area contributed by atoms with Gasteiger partial charge < -0.3 is 4.74 Å². The SMILES string of the molecule is BrCC1c2ccccc2Oc2ccc[siH]c21. The second kappa shape index (κ2) is 4.15. The Kier molecular flexibility index (Phi) is 2.65. The van der Waals surface area contributed by atoms with Crippen molar-refractivity contribution in [1.29, 1.82) is 0 Å². The van der Waals surface area contributed by atoms with Crippen LogP contribution in [0.25, 0.3) is 0 Å². The molecule has 2 heterocycles. The van der Waals surface area contributed by atoms with Crippen molar-refractivity contribution in [2.24, 2.45) is 0 Å². The smallest absolute Gasteiger partial charge is 0.131 e. The topological polar surface area (TPSA) is 9.23 Å². The van der Waals surface area contributed by atoms with Crippen LogP contribution in [-0.4, -0.2) is 14.4 Å². The van der Waals surface area contributed by atoms with Crippen LogP contribution in [0.3, 0.4) is 0 Å². The second-order valence-electron chi connectivity index (χ2n) is 3.88. The molecule has 0 fully saturated rings. The Labute approximate surface area is 105 Å². The van der Waals surface area contributed by atoms with Crippen molar-refractivity contribution in [1.82, 2.24) is 0 Å². The summed E-state index contributed by atoms with van der Waals surface area (Å²) < 4.78 is 5.94. The van der Waals surface area contributed by atoms with E-state index in [9.17, 15) is 0 Å². The molecule has 0 bridgehead atoms. The minimum absolute atomic E-state index is 0.237. The van der Waals surface area contributed by atoms with E-state index in [4.69, 9.17) is 4.74 Å². The number of benzene rings is 1. The second-order valence-corrected chi connectivity index (χ2v) is 5.87. The van der Waals surface area contributed by atoms with Crippen molar-refractivity contribution in [2.45, 2.75) is 5.92 Å². The molecule has 0 amide bonds. The molecule has 0 N–H and O–H groups in total. The van der Waals surface area contributed by atoms with Crippen LogP contribution in [-0.2, 0) is 0 Å². The van der Waals surface area contributed by atoms with E-state index in [1.54, 1.807) is 0 Å². The first-order valence-electron chi connectivity index (χ1n) is 5.32. The van der Waals surface area contributed by atoms with E-state index >= 15 is 0 Å². The molecule has 2 aromatic rings. The van der Waals surface area contributed by atoms with Gasteiger partial charge in [0.25, 0.3) is 0 Å². The van der Waals surface area contributed by atoms with Crippen LogP contribution >= 0.6 is 15.9 Å². The van der Waals surface area contributed by atoms with Crippen molar-refractivity contribution in [2.75, 3.05) is 5.33 Å². The minimum Gasteiger partial charge on any atom is -0.457 e. The molecule has 1 aliphatic rings. The fraction of sp³-hybridized carbons (Fsp3) is 0.154. The lowest BCUT2D eigenvalue weighted by Gasteiger charge is -2.26. The quantitative estimate of drug-likeness (QED) is 0.578. The number of hydrogen-bond donors (Lipinski definition) is 0. The van der Waals surface area contributed by atoms with E-state index in [1.165, 1.54) is 10.7 Å². The highest BCUT2D eigenvalue weighted by atomic mass is 79.9. The van der Waals surface area contributed by atoms with Crippen LogP contribution in [0.1, 0.15) is 16.7 Å². The van der Waals surface area contributed by atoms with Crippen molar-refractivity contribution >= 4 is 25.0 Å². The summed E-state index contributed by atoms with van der Waals surface area (Å²) in [5.74, 6) is 2.56. The average Bonchev–Trinajstić information content (AvgIpc) is 2.36. The molecule has 1 atom stereocenters. The van der Waals surface area contributed by atoms with Gasteiger partial charge in [0.1, 0.15) is 11.5 Å². The standard InChI is InChI=1S/C13H11BrOSi/c14-8-10-9-4-1-2-5-11(9)15-12-6-3-7-16-13(10)12/h1-7,10,16H,8H2. The third-order valence-electron chi connectivity index (χ3n) is 2.96. The molecule has 0 aliphatic carbocycles. The maximum Gasteiger partial charge on any atom is 0.131 e. The van der Waals surface area contributed by atoms with E-state index in [0.717, 1.165) is 16.8 Å². The Morgan fingerprint density at radius 2 is 1.94 bits per heavy atom. The summed E-state index contributed by atoms with van der Waals surface area (Å²) in [5.41, 5.74) is 3.58. The molecule has 1 aromatic heterocycles. The maximum absolute atomic E-state index is 5.94. The van der Waals surface area contributed by atoms with Gasteiger partial charge in [-0.1, -0.05) is 45.9 Å². The molecule has 0 spiro atoms. The first-order chi connectivity index (χ1) is 7.90. The summed E-state index contributed by atoms with van der Waals surface area (Å²) in [4.78, 5) is 0. The van der Waals surface area contributed by atoms with Gasteiger partial charge in [0.05, 0.1) is 0 Å². The molecule has 0 saturated carbocycles. The van der Waals surface area contributed by atoms with Crippen LogP contribution < -0.4 is 4.74 Å². The first-order valence-corrected chi connectivity index (χ1v) is 7.68. The summed E-state index contributed by atoms with van der Waals surface area (Å²) in [6.45, 7) is 0. The predicted molar refractivity (Wildman–Crippen MR) is 71.3 cm³/mol. The summed E-state index contributed by atoms with van der Waals surface area (Å²) in [7, 11) is 0.237. The van der Waals surface area contributed by atoms with Crippen molar-refractivity contribution < 1.29 is 4.74 Å². The molecular weight excluding hydrogens is 280 g/mol. The highest BCUT2D eigenvalue weighted by molar-refractivity contribution is 9.09. The van der Waals surface area contributed by atoms with E-state index < -0.39 is 0 Å². The molecule has 16 heavy (non-hydrogen) atoms. The van der Waals surface area contributed by atoms with Gasteiger partial charge in [0.2, 0.25) is 0 Å². The molecule has 1 nitrogen and oxygen atoms in total. The molecule has 80 valence electrons. The van der Waals surface area contributed by atoms with E-state index in [1.807, 2.05) is 6.07 Å². The number of ether oxygens (including phenoxy) is 1. The highest BCUT2D eigenvalue weighted by Crippen LogP contribution is 2.43. The van der Waals surface area contributed by atoms with Gasteiger partial charge in [0, 0.05) is 25.9 Å². The molecule has 3 rings (SSSR count). The van der Waals surface area contributed by atoms with E-state index in [-0.39, 0.29) is 9.12 Å². The average molecular weight is 291 g/mol. The summed E-state index contributed by atoms with van der Waals surface area (Å²) >= 11 is 3.63. The van der Waals surface area contributed by atoms with Gasteiger partial charge in [-0.3, -0.25) is 0 Å². The Morgan fingerprint density at radius 1 is 1.12 bits per heavy atom. The van der Waals surface area contributed by atoms with Crippen molar-refractivity contribution in [3.63, 3.8) is 0 Å². The van der Waals surface area contributed by atoms with Gasteiger partial charge >= 0.3 is 0 Å². The van der Waals surface area contributed by atoms with Gasteiger partial charge in [0.15, 0.2) is 0 Å². The maximum atomic E-state index is 5.94. The largest absolute Gasteiger partial charge is 0.457 e. The number of para-hydroxylation sites is 1. The Balaban J connectivity index is 2.19. The summed E-state index contributed by atoms with van der Waals surface area (Å²) in [6.07, 6.45) is 0. The summed E-state index contributed by atoms with van der Waals surface area (Å²) in [5, 5.41) is 2.44. The number of halogens is 1. The van der Waals surface area contributed by atoms with Gasteiger partial charge in [-0.2, -0.15) is 0 Å². The van der Waals surface area contributed by atoms with Crippen LogP contribution in [0.2, 0.25) is 0 Å². The van der Waals surface area contributed by atoms with Gasteiger partial charge in [-0.25, -0.2) is 0 Å². The van der Waals surface area contributed by atoms with Crippen molar-refractivity contribution in [3.05, 3.63) is 52.8 Å². The molecular formula is C13H11BrOSi. The van der Waals surface area contributed by atoms with Crippen LogP contribution in [0, 0.1) is 0 Å². The third-order valence-corrected chi connectivity index (χ3v) is 5.07. The normalized spacial score (nSPS) is 17.2. The van der Waals surface area contributed by atoms with Crippen LogP contribution in [0.4, 0.5) is 0 Å². The fourth-order valence-corrected chi connectivity index (χ4v) is 4.50. The molecule has 1 unspecified atom stereocenters. The zero-order valence-corrected chi connectivity index (χ0v) is 11.4. The van der Waals surface area contributed by atoms with Gasteiger partial charge in [-0.05, 0) is 17.3 Å². The Morgan fingerprint density at radius 3 is 2.81 bits per heavy atom. The van der Waals surface area contributed by atoms with Crippen LogP contribution in [0.5, 0.6) is 11.5 Å². The van der Waals surface area contributed by atoms with Crippen LogP contribution in [0.15, 0.2) is 42.1 Å². The highest BCUT2D eigenvalue weighted by Gasteiger charge is 2.25. The van der Waals surface area contributed by atoms with Crippen molar-refractivity contribution in [3.8, 4) is 11.5 Å². The third kappa shape index (κ3) is 1.55. The lowest BCUT2D eigenvalue weighted by Crippen LogP contribution is -2.13. The molecule has 0 radical (unpaired) electrons. The Bertz CT molecular complexity index is 481. The number of rotatable bonds is 1. The fourth-order valence-electron chi connectivity index (χ4n) is 2.17. The zero-order valence-electron chi connectivity index (χ0n) is 8.69. The monoisotopic (exact) mass is 290 g/mol. The molecule has 0 saturated heterocycles. The van der Waals surface area contributed by atoms with E-state index in [2.05, 4.69) is 51.9 Å². The number of fused-ring (bicyclic) bond motifs is 2. The Hall–Kier alpha value is -0.933. The predicted octanol–water partition coefficient (Wildman–Crippen LogP) is 3.39. The number of alkyl halides is 1. The minimum atomic E-state index is 0.237. The van der Waals surface area contributed by atoms with Gasteiger partial charge in [-0.15, -0.1) is 0 Å². The lowest BCUT2D eigenvalue weighted by atomic mass is 9.96. The summed E-state index contributed by atoms with van der Waals surface area (Å²) in [6, 6.07) is 12.5.